The van der Waals surface area contributed by atoms with Crippen molar-refractivity contribution < 1.29 is 13.9 Å². The van der Waals surface area contributed by atoms with E-state index in [0.29, 0.717) is 18.2 Å². The minimum Gasteiger partial charge on any atom is -0.449 e. The number of allylic oxidation sites excluding steroid dienone is 2. The summed E-state index contributed by atoms with van der Waals surface area (Å²) >= 11 is 11.9. The SMILES string of the molecule is CC=CC(C)(F)c1nc(NC2CCOC2)[nH]c(=O)c1Oc1ccc(Cl)c(Cl)c1. The van der Waals surface area contributed by atoms with Gasteiger partial charge in [-0.15, -0.1) is 0 Å². The van der Waals surface area contributed by atoms with Gasteiger partial charge in [-0.05, 0) is 38.5 Å². The van der Waals surface area contributed by atoms with Gasteiger partial charge in [0.15, 0.2) is 5.67 Å². The monoisotopic (exact) mass is 427 g/mol. The topological polar surface area (TPSA) is 76.2 Å². The van der Waals surface area contributed by atoms with E-state index < -0.39 is 11.2 Å². The summed E-state index contributed by atoms with van der Waals surface area (Å²) in [5.74, 6) is 0.143. The molecule has 6 nitrogen and oxygen atoms in total. The number of alkyl halides is 1. The van der Waals surface area contributed by atoms with Crippen molar-refractivity contribution in [2.24, 2.45) is 0 Å². The molecule has 1 fully saturated rings. The van der Waals surface area contributed by atoms with Crippen molar-refractivity contribution in [2.45, 2.75) is 32.0 Å². The number of aromatic nitrogens is 2. The van der Waals surface area contributed by atoms with Gasteiger partial charge in [0, 0.05) is 12.7 Å². The minimum atomic E-state index is -2.03. The first-order chi connectivity index (χ1) is 13.3. The number of halogens is 3. The number of aromatic amines is 1. The number of rotatable bonds is 6. The second-order valence-corrected chi connectivity index (χ2v) is 7.37. The molecule has 3 rings (SSSR count). The number of H-pyrrole nitrogens is 1. The molecule has 2 unspecified atom stereocenters. The van der Waals surface area contributed by atoms with Crippen molar-refractivity contribution in [3.63, 3.8) is 0 Å². The fourth-order valence-corrected chi connectivity index (χ4v) is 3.14. The Morgan fingerprint density at radius 1 is 1.43 bits per heavy atom. The van der Waals surface area contributed by atoms with Crippen molar-refractivity contribution in [1.82, 2.24) is 9.97 Å². The van der Waals surface area contributed by atoms with E-state index >= 15 is 4.39 Å². The van der Waals surface area contributed by atoms with E-state index in [2.05, 4.69) is 15.3 Å². The third-order valence-corrected chi connectivity index (χ3v) is 4.94. The lowest BCUT2D eigenvalue weighted by molar-refractivity contribution is 0.195. The molecule has 1 saturated heterocycles. The molecule has 0 bridgehead atoms. The second-order valence-electron chi connectivity index (χ2n) is 6.55. The molecule has 28 heavy (non-hydrogen) atoms. The highest BCUT2D eigenvalue weighted by Gasteiger charge is 2.32. The summed E-state index contributed by atoms with van der Waals surface area (Å²) in [6.45, 7) is 4.09. The molecule has 2 N–H and O–H groups in total. The summed E-state index contributed by atoms with van der Waals surface area (Å²) in [6.07, 6.45) is 3.62. The summed E-state index contributed by atoms with van der Waals surface area (Å²) in [5.41, 5.74) is -2.80. The van der Waals surface area contributed by atoms with E-state index in [1.54, 1.807) is 13.0 Å². The number of hydrogen-bond donors (Lipinski definition) is 2. The number of nitrogens with zero attached hydrogens (tertiary/aromatic N) is 1. The lowest BCUT2D eigenvalue weighted by atomic mass is 10.0. The van der Waals surface area contributed by atoms with Crippen molar-refractivity contribution in [3.05, 3.63) is 56.4 Å². The van der Waals surface area contributed by atoms with E-state index in [1.165, 1.54) is 31.2 Å². The Kier molecular flexibility index (Phi) is 6.27. The maximum Gasteiger partial charge on any atom is 0.295 e. The number of hydrogen-bond acceptors (Lipinski definition) is 5. The van der Waals surface area contributed by atoms with Gasteiger partial charge in [-0.25, -0.2) is 9.37 Å². The van der Waals surface area contributed by atoms with Crippen molar-refractivity contribution in [1.29, 1.82) is 0 Å². The molecule has 0 radical (unpaired) electrons. The Balaban J connectivity index is 2.03. The molecule has 0 spiro atoms. The second kappa shape index (κ2) is 8.51. The van der Waals surface area contributed by atoms with Gasteiger partial charge in [-0.1, -0.05) is 29.3 Å². The average molecular weight is 428 g/mol. The van der Waals surface area contributed by atoms with Crippen LogP contribution in [-0.4, -0.2) is 29.2 Å². The van der Waals surface area contributed by atoms with Gasteiger partial charge in [0.05, 0.1) is 22.7 Å². The summed E-state index contributed by atoms with van der Waals surface area (Å²) in [7, 11) is 0. The van der Waals surface area contributed by atoms with Crippen LogP contribution in [0.15, 0.2) is 35.1 Å². The fourth-order valence-electron chi connectivity index (χ4n) is 2.85. The van der Waals surface area contributed by atoms with Crippen LogP contribution in [0.1, 0.15) is 26.0 Å². The summed E-state index contributed by atoms with van der Waals surface area (Å²) in [4.78, 5) is 19.6. The summed E-state index contributed by atoms with van der Waals surface area (Å²) in [6, 6.07) is 4.49. The van der Waals surface area contributed by atoms with E-state index in [-0.39, 0.29) is 34.2 Å². The van der Waals surface area contributed by atoms with Crippen LogP contribution in [-0.2, 0) is 10.4 Å². The molecular weight excluding hydrogens is 408 g/mol. The van der Waals surface area contributed by atoms with Crippen LogP contribution in [0.5, 0.6) is 11.5 Å². The molecule has 1 aliphatic rings. The van der Waals surface area contributed by atoms with E-state index in [9.17, 15) is 4.79 Å². The normalized spacial score (nSPS) is 19.0. The van der Waals surface area contributed by atoms with Gasteiger partial charge in [0.25, 0.3) is 5.56 Å². The zero-order chi connectivity index (χ0) is 20.3. The van der Waals surface area contributed by atoms with Gasteiger partial charge in [-0.3, -0.25) is 9.78 Å². The van der Waals surface area contributed by atoms with Gasteiger partial charge >= 0.3 is 0 Å². The van der Waals surface area contributed by atoms with Gasteiger partial charge in [0.1, 0.15) is 11.4 Å². The number of nitrogens with one attached hydrogen (secondary N) is 2. The van der Waals surface area contributed by atoms with Crippen LogP contribution in [0, 0.1) is 0 Å². The molecule has 2 atom stereocenters. The Bertz CT molecular complexity index is 941. The first kappa shape index (κ1) is 20.6. The number of benzene rings is 1. The van der Waals surface area contributed by atoms with Crippen LogP contribution in [0.2, 0.25) is 10.0 Å². The minimum absolute atomic E-state index is 0.00887. The highest BCUT2D eigenvalue weighted by molar-refractivity contribution is 6.42. The van der Waals surface area contributed by atoms with Crippen LogP contribution in [0.4, 0.5) is 10.3 Å². The van der Waals surface area contributed by atoms with Crippen molar-refractivity contribution >= 4 is 29.2 Å². The molecule has 2 heterocycles. The van der Waals surface area contributed by atoms with Crippen LogP contribution in [0.3, 0.4) is 0 Å². The molecule has 1 aromatic carbocycles. The van der Waals surface area contributed by atoms with Gasteiger partial charge in [0.2, 0.25) is 11.7 Å². The first-order valence-corrected chi connectivity index (χ1v) is 9.50. The van der Waals surface area contributed by atoms with Crippen LogP contribution in [0.25, 0.3) is 0 Å². The standard InChI is InChI=1S/C19H20Cl2FN3O3/c1-3-7-19(2,22)16-15(28-12-4-5-13(20)14(21)9-12)17(26)25-18(24-16)23-11-6-8-27-10-11/h3-5,7,9,11H,6,8,10H2,1-2H3,(H2,23,24,25,26). The molecule has 0 saturated carbocycles. The predicted molar refractivity (Wildman–Crippen MR) is 108 cm³/mol. The molecule has 9 heteroatoms. The largest absolute Gasteiger partial charge is 0.449 e. The average Bonchev–Trinajstić information content (AvgIpc) is 3.13. The third kappa shape index (κ3) is 4.66. The third-order valence-electron chi connectivity index (χ3n) is 4.20. The summed E-state index contributed by atoms with van der Waals surface area (Å²) in [5, 5.41) is 3.66. The molecule has 1 aliphatic heterocycles. The Morgan fingerprint density at radius 3 is 2.86 bits per heavy atom. The quantitative estimate of drug-likeness (QED) is 0.645. The van der Waals surface area contributed by atoms with Gasteiger partial charge < -0.3 is 14.8 Å². The molecule has 2 aromatic rings. The van der Waals surface area contributed by atoms with Gasteiger partial charge in [-0.2, -0.15) is 0 Å². The van der Waals surface area contributed by atoms with Crippen molar-refractivity contribution in [2.75, 3.05) is 18.5 Å². The lowest BCUT2D eigenvalue weighted by Crippen LogP contribution is -2.27. The Labute approximate surface area is 171 Å². The van der Waals surface area contributed by atoms with Crippen LogP contribution < -0.4 is 15.6 Å². The molecule has 0 aliphatic carbocycles. The van der Waals surface area contributed by atoms with E-state index in [0.717, 1.165) is 6.42 Å². The maximum atomic E-state index is 15.3. The molecule has 1 aromatic heterocycles. The lowest BCUT2D eigenvalue weighted by Gasteiger charge is -2.20. The zero-order valence-electron chi connectivity index (χ0n) is 15.4. The Morgan fingerprint density at radius 2 is 2.21 bits per heavy atom. The summed E-state index contributed by atoms with van der Waals surface area (Å²) < 4.78 is 26.3. The van der Waals surface area contributed by atoms with Crippen LogP contribution >= 0.6 is 23.2 Å². The highest BCUT2D eigenvalue weighted by atomic mass is 35.5. The number of ether oxygens (including phenoxy) is 2. The molecular formula is C19H20Cl2FN3O3. The molecule has 150 valence electrons. The predicted octanol–water partition coefficient (Wildman–Crippen LogP) is 4.83. The Hall–Kier alpha value is -2.09. The van der Waals surface area contributed by atoms with E-state index in [1.807, 2.05) is 0 Å². The smallest absolute Gasteiger partial charge is 0.295 e. The zero-order valence-corrected chi connectivity index (χ0v) is 16.9. The fraction of sp³-hybridized carbons (Fsp3) is 0.368. The molecule has 0 amide bonds. The first-order valence-electron chi connectivity index (χ1n) is 8.75. The maximum absolute atomic E-state index is 15.3. The number of anilines is 1. The van der Waals surface area contributed by atoms with E-state index in [4.69, 9.17) is 32.7 Å². The highest BCUT2D eigenvalue weighted by Crippen LogP contribution is 2.35. The van der Waals surface area contributed by atoms with Crippen molar-refractivity contribution in [3.8, 4) is 11.5 Å².